The summed E-state index contributed by atoms with van der Waals surface area (Å²) in [6, 6.07) is 16.9. The van der Waals surface area contributed by atoms with E-state index in [4.69, 9.17) is 11.6 Å². The summed E-state index contributed by atoms with van der Waals surface area (Å²) in [5.41, 5.74) is 2.98. The summed E-state index contributed by atoms with van der Waals surface area (Å²) in [5.74, 6) is -0.0992. The van der Waals surface area contributed by atoms with Gasteiger partial charge in [0.2, 0.25) is 0 Å². The third-order valence-corrected chi connectivity index (χ3v) is 6.39. The zero-order valence-electron chi connectivity index (χ0n) is 16.2. The van der Waals surface area contributed by atoms with E-state index in [1.165, 1.54) is 24.3 Å². The molecular formula is C24H20ClFN2O2. The molecule has 0 saturated carbocycles. The highest BCUT2D eigenvalue weighted by Gasteiger charge is 2.37. The Morgan fingerprint density at radius 1 is 0.933 bits per heavy atom. The van der Waals surface area contributed by atoms with Crippen LogP contribution in [-0.4, -0.2) is 28.5 Å². The smallest absolute Gasteiger partial charge is 0.258 e. The van der Waals surface area contributed by atoms with Crippen molar-refractivity contribution in [2.45, 2.75) is 18.9 Å². The highest BCUT2D eigenvalue weighted by atomic mass is 35.5. The Morgan fingerprint density at radius 3 is 2.40 bits per heavy atom. The molecule has 1 fully saturated rings. The van der Waals surface area contributed by atoms with Gasteiger partial charge in [0.25, 0.3) is 11.5 Å². The number of benzene rings is 2. The van der Waals surface area contributed by atoms with Gasteiger partial charge >= 0.3 is 0 Å². The number of piperidine rings is 1. The minimum absolute atomic E-state index is 0.00262. The highest BCUT2D eigenvalue weighted by Crippen LogP contribution is 2.36. The van der Waals surface area contributed by atoms with E-state index >= 15 is 0 Å². The molecule has 2 aliphatic heterocycles. The minimum Gasteiger partial charge on any atom is -0.338 e. The molecule has 3 heterocycles. The van der Waals surface area contributed by atoms with Crippen molar-refractivity contribution in [2.75, 3.05) is 13.1 Å². The molecule has 2 bridgehead atoms. The van der Waals surface area contributed by atoms with Crippen LogP contribution < -0.4 is 5.56 Å². The number of nitrogens with zero attached hydrogens (tertiary/aromatic N) is 2. The van der Waals surface area contributed by atoms with Crippen LogP contribution in [0, 0.1) is 11.7 Å². The Hall–Kier alpha value is -2.92. The summed E-state index contributed by atoms with van der Waals surface area (Å²) in [4.78, 5) is 28.0. The molecule has 1 amide bonds. The summed E-state index contributed by atoms with van der Waals surface area (Å²) >= 11 is 5.98. The molecule has 4 nitrogen and oxygen atoms in total. The molecule has 30 heavy (non-hydrogen) atoms. The van der Waals surface area contributed by atoms with Crippen molar-refractivity contribution in [1.82, 2.24) is 9.47 Å². The zero-order chi connectivity index (χ0) is 20.8. The number of hydrogen-bond donors (Lipinski definition) is 0. The average molecular weight is 423 g/mol. The quantitative estimate of drug-likeness (QED) is 0.607. The summed E-state index contributed by atoms with van der Waals surface area (Å²) in [6.07, 6.45) is 0.965. The topological polar surface area (TPSA) is 42.3 Å². The lowest BCUT2D eigenvalue weighted by Gasteiger charge is -2.43. The number of rotatable bonds is 2. The van der Waals surface area contributed by atoms with Crippen LogP contribution >= 0.6 is 11.6 Å². The van der Waals surface area contributed by atoms with Gasteiger partial charge in [0.05, 0.1) is 0 Å². The van der Waals surface area contributed by atoms with Crippen LogP contribution in [-0.2, 0) is 6.54 Å². The van der Waals surface area contributed by atoms with Crippen molar-refractivity contribution in [3.8, 4) is 11.1 Å². The molecule has 3 aromatic rings. The molecule has 0 N–H and O–H groups in total. The fraction of sp³-hybridized carbons (Fsp3) is 0.250. The molecule has 2 aromatic carbocycles. The number of halogens is 2. The lowest BCUT2D eigenvalue weighted by atomic mass is 9.82. The molecule has 2 atom stereocenters. The normalized spacial score (nSPS) is 20.0. The van der Waals surface area contributed by atoms with Crippen LogP contribution in [0.4, 0.5) is 4.39 Å². The first-order chi connectivity index (χ1) is 14.5. The third-order valence-electron chi connectivity index (χ3n) is 6.14. The summed E-state index contributed by atoms with van der Waals surface area (Å²) in [6.45, 7) is 1.76. The molecule has 0 spiro atoms. The third kappa shape index (κ3) is 3.33. The largest absolute Gasteiger partial charge is 0.338 e. The van der Waals surface area contributed by atoms with Crippen LogP contribution in [0.5, 0.6) is 0 Å². The SMILES string of the molecule is O=C(c1ccc(F)cc1)N1C[C@@H]2C[C@H](C1)c1ccc(-c3ccc(Cl)cc3)c(=O)n1C2. The predicted octanol–water partition coefficient (Wildman–Crippen LogP) is 4.57. The van der Waals surface area contributed by atoms with Crippen molar-refractivity contribution < 1.29 is 9.18 Å². The standard InChI is InChI=1S/C24H20ClFN2O2/c25-19-5-1-16(2-6-19)21-9-10-22-18-11-15(13-28(22)24(21)30)12-27(14-18)23(29)17-3-7-20(26)8-4-17/h1-10,15,18H,11-14H2/t15-,18+/m0/s1. The van der Waals surface area contributed by atoms with Gasteiger partial charge in [-0.25, -0.2) is 4.39 Å². The van der Waals surface area contributed by atoms with E-state index in [1.807, 2.05) is 33.7 Å². The number of aromatic nitrogens is 1. The number of likely N-dealkylation sites (tertiary alicyclic amines) is 1. The van der Waals surface area contributed by atoms with Crippen LogP contribution in [0.2, 0.25) is 5.02 Å². The van der Waals surface area contributed by atoms with Gasteiger partial charge in [0.15, 0.2) is 0 Å². The first-order valence-electron chi connectivity index (χ1n) is 10.0. The van der Waals surface area contributed by atoms with Gasteiger partial charge in [-0.3, -0.25) is 9.59 Å². The van der Waals surface area contributed by atoms with Crippen LogP contribution in [0.25, 0.3) is 11.1 Å². The monoisotopic (exact) mass is 422 g/mol. The second-order valence-corrected chi connectivity index (χ2v) is 8.55. The van der Waals surface area contributed by atoms with Crippen molar-refractivity contribution in [3.63, 3.8) is 0 Å². The van der Waals surface area contributed by atoms with E-state index < -0.39 is 0 Å². The van der Waals surface area contributed by atoms with Gasteiger partial charge in [-0.15, -0.1) is 0 Å². The molecule has 1 saturated heterocycles. The lowest BCUT2D eigenvalue weighted by molar-refractivity contribution is 0.0594. The van der Waals surface area contributed by atoms with Crippen LogP contribution in [0.1, 0.15) is 28.4 Å². The average Bonchev–Trinajstić information content (AvgIpc) is 2.75. The maximum absolute atomic E-state index is 13.2. The number of carbonyl (C=O) groups is 1. The van der Waals surface area contributed by atoms with Gasteiger partial charge < -0.3 is 9.47 Å². The maximum Gasteiger partial charge on any atom is 0.258 e. The summed E-state index contributed by atoms with van der Waals surface area (Å²) < 4.78 is 15.1. The molecule has 6 heteroatoms. The van der Waals surface area contributed by atoms with Crippen molar-refractivity contribution in [2.24, 2.45) is 5.92 Å². The Labute approximate surface area is 178 Å². The number of hydrogen-bond acceptors (Lipinski definition) is 2. The summed E-state index contributed by atoms with van der Waals surface area (Å²) in [5, 5.41) is 0.636. The molecule has 0 aliphatic carbocycles. The molecule has 0 radical (unpaired) electrons. The molecule has 5 rings (SSSR count). The molecule has 0 unspecified atom stereocenters. The van der Waals surface area contributed by atoms with Gasteiger partial charge in [0.1, 0.15) is 5.82 Å². The van der Waals surface area contributed by atoms with Gasteiger partial charge in [-0.1, -0.05) is 23.7 Å². The Bertz CT molecular complexity index is 1170. The van der Waals surface area contributed by atoms with E-state index in [0.717, 1.165) is 17.7 Å². The second-order valence-electron chi connectivity index (χ2n) is 8.11. The van der Waals surface area contributed by atoms with Crippen LogP contribution in [0.3, 0.4) is 0 Å². The van der Waals surface area contributed by atoms with Crippen molar-refractivity contribution in [3.05, 3.63) is 93.1 Å². The number of amides is 1. The van der Waals surface area contributed by atoms with E-state index in [9.17, 15) is 14.0 Å². The maximum atomic E-state index is 13.2. The molecular weight excluding hydrogens is 403 g/mol. The second kappa shape index (κ2) is 7.40. The van der Waals surface area contributed by atoms with Gasteiger partial charge in [-0.2, -0.15) is 0 Å². The van der Waals surface area contributed by atoms with Crippen LogP contribution in [0.15, 0.2) is 65.5 Å². The highest BCUT2D eigenvalue weighted by molar-refractivity contribution is 6.30. The first-order valence-corrected chi connectivity index (χ1v) is 10.4. The van der Waals surface area contributed by atoms with Crippen molar-refractivity contribution >= 4 is 17.5 Å². The molecule has 2 aliphatic rings. The minimum atomic E-state index is -0.355. The molecule has 1 aromatic heterocycles. The Balaban J connectivity index is 1.45. The predicted molar refractivity (Wildman–Crippen MR) is 114 cm³/mol. The summed E-state index contributed by atoms with van der Waals surface area (Å²) in [7, 11) is 0. The number of pyridine rings is 1. The Kier molecular flexibility index (Phi) is 4.70. The van der Waals surface area contributed by atoms with Crippen molar-refractivity contribution in [1.29, 1.82) is 0 Å². The lowest BCUT2D eigenvalue weighted by Crippen LogP contribution is -2.49. The fourth-order valence-corrected chi connectivity index (χ4v) is 4.86. The van der Waals surface area contributed by atoms with E-state index in [0.29, 0.717) is 35.8 Å². The first kappa shape index (κ1) is 19.1. The Morgan fingerprint density at radius 2 is 1.67 bits per heavy atom. The zero-order valence-corrected chi connectivity index (χ0v) is 17.0. The van der Waals surface area contributed by atoms with Gasteiger partial charge in [-0.05, 0) is 66.4 Å². The van der Waals surface area contributed by atoms with E-state index in [2.05, 4.69) is 0 Å². The number of fused-ring (bicyclic) bond motifs is 4. The fourth-order valence-electron chi connectivity index (χ4n) is 4.74. The van der Waals surface area contributed by atoms with E-state index in [1.54, 1.807) is 12.1 Å². The van der Waals surface area contributed by atoms with E-state index in [-0.39, 0.29) is 29.1 Å². The van der Waals surface area contributed by atoms with Gasteiger partial charge in [0, 0.05) is 47.4 Å². The number of carbonyl (C=O) groups excluding carboxylic acids is 1. The molecule has 152 valence electrons.